The highest BCUT2D eigenvalue weighted by atomic mass is 32.2. The number of hydrogen-bond donors (Lipinski definition) is 0. The summed E-state index contributed by atoms with van der Waals surface area (Å²) >= 11 is 1.37. The van der Waals surface area contributed by atoms with Crippen molar-refractivity contribution >= 4 is 11.8 Å². The Balaban J connectivity index is 1.62. The molecule has 2 atom stereocenters. The van der Waals surface area contributed by atoms with E-state index < -0.39 is 0 Å². The molecule has 6 heteroatoms. The van der Waals surface area contributed by atoms with Gasteiger partial charge in [0.1, 0.15) is 6.10 Å². The van der Waals surface area contributed by atoms with E-state index in [-0.39, 0.29) is 11.7 Å². The van der Waals surface area contributed by atoms with E-state index in [0.29, 0.717) is 16.7 Å². The van der Waals surface area contributed by atoms with Gasteiger partial charge in [0.15, 0.2) is 16.5 Å². The van der Waals surface area contributed by atoms with Gasteiger partial charge in [-0.05, 0) is 56.4 Å². The molecule has 0 spiro atoms. The zero-order chi connectivity index (χ0) is 21.1. The summed E-state index contributed by atoms with van der Waals surface area (Å²) in [6.07, 6.45) is 6.99. The third kappa shape index (κ3) is 4.38. The molecule has 30 heavy (non-hydrogen) atoms. The molecular formula is C24H26N2O3S. The van der Waals surface area contributed by atoms with Crippen molar-refractivity contribution < 1.29 is 9.47 Å². The number of hydrogen-bond acceptors (Lipinski definition) is 5. The Morgan fingerprint density at radius 2 is 1.90 bits per heavy atom. The fraction of sp³-hybridized carbons (Fsp3) is 0.333. The normalized spacial score (nSPS) is 18.4. The Morgan fingerprint density at radius 3 is 2.60 bits per heavy atom. The molecule has 1 aliphatic carbocycles. The van der Waals surface area contributed by atoms with Crippen molar-refractivity contribution in [3.8, 4) is 17.2 Å². The van der Waals surface area contributed by atoms with E-state index in [9.17, 15) is 4.79 Å². The third-order valence-electron chi connectivity index (χ3n) is 5.53. The van der Waals surface area contributed by atoms with Crippen LogP contribution in [0.1, 0.15) is 31.7 Å². The van der Waals surface area contributed by atoms with Crippen LogP contribution in [0.2, 0.25) is 0 Å². The van der Waals surface area contributed by atoms with E-state index in [4.69, 9.17) is 9.47 Å². The van der Waals surface area contributed by atoms with Gasteiger partial charge in [0.05, 0.1) is 12.8 Å². The standard InChI is InChI=1S/C24H26N2O3S/c1-16-7-10-19(11-8-16)30-23-24(27)26(14-13-25-23)18-9-12-21(22(15-18)28-3)29-20-6-4-5-17(20)2/h7-15,17,20H,4-6H2,1-3H3/t17-,20?/m1/s1. The van der Waals surface area contributed by atoms with Gasteiger partial charge in [-0.2, -0.15) is 0 Å². The predicted molar refractivity (Wildman–Crippen MR) is 119 cm³/mol. The van der Waals surface area contributed by atoms with Crippen molar-refractivity contribution in [2.45, 2.75) is 49.1 Å². The topological polar surface area (TPSA) is 53.4 Å². The van der Waals surface area contributed by atoms with Gasteiger partial charge in [0.25, 0.3) is 5.56 Å². The zero-order valence-electron chi connectivity index (χ0n) is 17.5. The summed E-state index contributed by atoms with van der Waals surface area (Å²) in [5, 5.41) is 0.431. The monoisotopic (exact) mass is 422 g/mol. The summed E-state index contributed by atoms with van der Waals surface area (Å²) in [7, 11) is 1.62. The van der Waals surface area contributed by atoms with Gasteiger partial charge in [-0.15, -0.1) is 0 Å². The largest absolute Gasteiger partial charge is 0.493 e. The van der Waals surface area contributed by atoms with E-state index in [0.717, 1.165) is 22.8 Å². The first-order chi connectivity index (χ1) is 14.5. The van der Waals surface area contributed by atoms with Crippen LogP contribution in [0, 0.1) is 12.8 Å². The minimum absolute atomic E-state index is 0.164. The molecule has 0 amide bonds. The van der Waals surface area contributed by atoms with Crippen LogP contribution in [-0.2, 0) is 0 Å². The van der Waals surface area contributed by atoms with Crippen molar-refractivity contribution in [1.29, 1.82) is 0 Å². The molecule has 3 aromatic rings. The summed E-state index contributed by atoms with van der Waals surface area (Å²) in [6.45, 7) is 4.26. The number of nitrogens with zero attached hydrogens (tertiary/aromatic N) is 2. The Kier molecular flexibility index (Phi) is 6.13. The summed E-state index contributed by atoms with van der Waals surface area (Å²) < 4.78 is 13.4. The second kappa shape index (κ2) is 8.96. The van der Waals surface area contributed by atoms with Crippen LogP contribution < -0.4 is 15.0 Å². The van der Waals surface area contributed by atoms with Crippen molar-refractivity contribution in [3.05, 3.63) is 70.8 Å². The van der Waals surface area contributed by atoms with Crippen LogP contribution in [0.25, 0.3) is 5.69 Å². The van der Waals surface area contributed by atoms with Gasteiger partial charge >= 0.3 is 0 Å². The minimum atomic E-state index is -0.164. The number of rotatable bonds is 6. The van der Waals surface area contributed by atoms with Crippen LogP contribution in [0.15, 0.2) is 69.6 Å². The Labute approximate surface area is 181 Å². The molecule has 1 fully saturated rings. The fourth-order valence-corrected chi connectivity index (χ4v) is 4.53. The van der Waals surface area contributed by atoms with E-state index in [1.54, 1.807) is 24.1 Å². The highest BCUT2D eigenvalue weighted by Crippen LogP contribution is 2.35. The molecule has 1 heterocycles. The fourth-order valence-electron chi connectivity index (χ4n) is 3.74. The lowest BCUT2D eigenvalue weighted by molar-refractivity contribution is 0.161. The lowest BCUT2D eigenvalue weighted by atomic mass is 10.1. The Hall–Kier alpha value is -2.73. The molecule has 1 unspecified atom stereocenters. The lowest BCUT2D eigenvalue weighted by Crippen LogP contribution is -2.21. The molecule has 0 bridgehead atoms. The van der Waals surface area contributed by atoms with Crippen molar-refractivity contribution in [1.82, 2.24) is 9.55 Å². The summed E-state index contributed by atoms with van der Waals surface area (Å²) in [5.41, 5.74) is 1.74. The quantitative estimate of drug-likeness (QED) is 0.542. The average molecular weight is 423 g/mol. The second-order valence-corrected chi connectivity index (χ2v) is 8.78. The maximum atomic E-state index is 13.1. The van der Waals surface area contributed by atoms with E-state index in [1.807, 2.05) is 49.4 Å². The minimum Gasteiger partial charge on any atom is -0.493 e. The second-order valence-electron chi connectivity index (χ2n) is 7.72. The first-order valence-corrected chi connectivity index (χ1v) is 11.0. The number of benzene rings is 2. The van der Waals surface area contributed by atoms with E-state index >= 15 is 0 Å². The molecule has 1 aliphatic rings. The maximum absolute atomic E-state index is 13.1. The molecule has 1 aromatic heterocycles. The Morgan fingerprint density at radius 1 is 1.10 bits per heavy atom. The molecule has 4 rings (SSSR count). The molecule has 0 radical (unpaired) electrons. The van der Waals surface area contributed by atoms with Crippen molar-refractivity contribution in [2.24, 2.45) is 5.92 Å². The Bertz CT molecular complexity index is 1080. The highest BCUT2D eigenvalue weighted by molar-refractivity contribution is 7.99. The van der Waals surface area contributed by atoms with Crippen LogP contribution in [0.3, 0.4) is 0 Å². The number of aromatic nitrogens is 2. The number of methoxy groups -OCH3 is 1. The summed E-state index contributed by atoms with van der Waals surface area (Å²) in [6, 6.07) is 13.7. The van der Waals surface area contributed by atoms with Gasteiger partial charge in [-0.25, -0.2) is 4.98 Å². The van der Waals surface area contributed by atoms with Crippen LogP contribution in [0.5, 0.6) is 11.5 Å². The SMILES string of the molecule is COc1cc(-n2ccnc(Sc3ccc(C)cc3)c2=O)ccc1OC1CCC[C@H]1C. The molecular weight excluding hydrogens is 396 g/mol. The van der Waals surface area contributed by atoms with Gasteiger partial charge in [0, 0.05) is 23.4 Å². The van der Waals surface area contributed by atoms with E-state index in [1.165, 1.54) is 30.2 Å². The van der Waals surface area contributed by atoms with Gasteiger partial charge in [0.2, 0.25) is 0 Å². The van der Waals surface area contributed by atoms with Gasteiger partial charge < -0.3 is 9.47 Å². The predicted octanol–water partition coefficient (Wildman–Crippen LogP) is 5.27. The van der Waals surface area contributed by atoms with Gasteiger partial charge in [-0.3, -0.25) is 9.36 Å². The zero-order valence-corrected chi connectivity index (χ0v) is 18.3. The lowest BCUT2D eigenvalue weighted by Gasteiger charge is -2.20. The molecule has 2 aromatic carbocycles. The first-order valence-electron chi connectivity index (χ1n) is 10.2. The van der Waals surface area contributed by atoms with Crippen LogP contribution in [-0.4, -0.2) is 22.8 Å². The molecule has 1 saturated carbocycles. The smallest absolute Gasteiger partial charge is 0.287 e. The average Bonchev–Trinajstić information content (AvgIpc) is 3.16. The summed E-state index contributed by atoms with van der Waals surface area (Å²) in [4.78, 5) is 18.3. The van der Waals surface area contributed by atoms with Gasteiger partial charge in [-0.1, -0.05) is 36.4 Å². The molecule has 0 saturated heterocycles. The molecule has 156 valence electrons. The van der Waals surface area contributed by atoms with E-state index in [2.05, 4.69) is 11.9 Å². The molecule has 0 aliphatic heterocycles. The third-order valence-corrected chi connectivity index (χ3v) is 6.51. The molecule has 0 N–H and O–H groups in total. The van der Waals surface area contributed by atoms with Crippen molar-refractivity contribution in [2.75, 3.05) is 7.11 Å². The first kappa shape index (κ1) is 20.5. The molecule has 5 nitrogen and oxygen atoms in total. The highest BCUT2D eigenvalue weighted by Gasteiger charge is 2.26. The number of aryl methyl sites for hydroxylation is 1. The maximum Gasteiger partial charge on any atom is 0.287 e. The van der Waals surface area contributed by atoms with Crippen LogP contribution >= 0.6 is 11.8 Å². The van der Waals surface area contributed by atoms with Crippen LogP contribution in [0.4, 0.5) is 0 Å². The summed E-state index contributed by atoms with van der Waals surface area (Å²) in [5.74, 6) is 1.89. The number of ether oxygens (including phenoxy) is 2. The van der Waals surface area contributed by atoms with Crippen molar-refractivity contribution in [3.63, 3.8) is 0 Å².